The summed E-state index contributed by atoms with van der Waals surface area (Å²) in [5.41, 5.74) is 1.98. The van der Waals surface area contributed by atoms with Gasteiger partial charge in [-0.15, -0.1) is 11.3 Å². The Balaban J connectivity index is 1.92. The second-order valence-electron chi connectivity index (χ2n) is 4.74. The minimum absolute atomic E-state index is 0.264. The van der Waals surface area contributed by atoms with Crippen molar-refractivity contribution in [3.05, 3.63) is 33.9 Å². The summed E-state index contributed by atoms with van der Waals surface area (Å²) in [7, 11) is 0. The topological polar surface area (TPSA) is 78.9 Å². The third-order valence-electron chi connectivity index (χ3n) is 3.47. The first-order valence-corrected chi connectivity index (χ1v) is 7.28. The summed E-state index contributed by atoms with van der Waals surface area (Å²) in [6.45, 7) is 1.69. The number of nitrogens with one attached hydrogen (secondary N) is 1. The van der Waals surface area contributed by atoms with Gasteiger partial charge in [0.05, 0.1) is 5.56 Å². The average molecular weight is 287 g/mol. The highest BCUT2D eigenvalue weighted by Crippen LogP contribution is 2.37. The molecule has 0 atom stereocenters. The van der Waals surface area contributed by atoms with Gasteiger partial charge in [0.25, 0.3) is 5.91 Å². The first kappa shape index (κ1) is 12.9. The van der Waals surface area contributed by atoms with Gasteiger partial charge in [-0.2, -0.15) is 5.26 Å². The maximum absolute atomic E-state index is 12.1. The number of aromatic nitrogens is 1. The highest BCUT2D eigenvalue weighted by atomic mass is 32.1. The fourth-order valence-corrected chi connectivity index (χ4v) is 3.69. The standard InChI is InChI=1S/C14H13N3O2S/c1-8-12(16-7-19-8)13(18)17-14-10(6-15)9-4-2-3-5-11(9)20-14/h7H,2-5H2,1H3,(H,17,18). The summed E-state index contributed by atoms with van der Waals surface area (Å²) in [6.07, 6.45) is 5.42. The van der Waals surface area contributed by atoms with Gasteiger partial charge >= 0.3 is 0 Å². The van der Waals surface area contributed by atoms with Crippen molar-refractivity contribution in [3.8, 4) is 6.07 Å². The number of thiophene rings is 1. The predicted octanol–water partition coefficient (Wildman–Crippen LogP) is 3.05. The van der Waals surface area contributed by atoms with Crippen LogP contribution < -0.4 is 5.32 Å². The van der Waals surface area contributed by atoms with Crippen molar-refractivity contribution in [2.45, 2.75) is 32.6 Å². The zero-order valence-corrected chi connectivity index (χ0v) is 11.8. The third kappa shape index (κ3) is 2.10. The molecule has 0 saturated heterocycles. The molecule has 2 aromatic rings. The molecule has 0 fully saturated rings. The van der Waals surface area contributed by atoms with E-state index in [-0.39, 0.29) is 11.6 Å². The maximum Gasteiger partial charge on any atom is 0.278 e. The normalized spacial score (nSPS) is 13.6. The maximum atomic E-state index is 12.1. The molecule has 0 aliphatic heterocycles. The second-order valence-corrected chi connectivity index (χ2v) is 5.84. The van der Waals surface area contributed by atoms with Gasteiger partial charge in [-0.1, -0.05) is 0 Å². The van der Waals surface area contributed by atoms with Gasteiger partial charge in [-0.25, -0.2) is 4.98 Å². The van der Waals surface area contributed by atoms with E-state index in [2.05, 4.69) is 16.4 Å². The molecule has 0 bridgehead atoms. The summed E-state index contributed by atoms with van der Waals surface area (Å²) in [5.74, 6) is 0.147. The summed E-state index contributed by atoms with van der Waals surface area (Å²) >= 11 is 1.51. The Morgan fingerprint density at radius 2 is 2.30 bits per heavy atom. The van der Waals surface area contributed by atoms with Crippen LogP contribution in [0.3, 0.4) is 0 Å². The van der Waals surface area contributed by atoms with Gasteiger partial charge in [-0.3, -0.25) is 4.79 Å². The van der Waals surface area contributed by atoms with Crippen LogP contribution in [0.4, 0.5) is 5.00 Å². The lowest BCUT2D eigenvalue weighted by Gasteiger charge is -2.09. The van der Waals surface area contributed by atoms with E-state index in [0.717, 1.165) is 31.2 Å². The van der Waals surface area contributed by atoms with Crippen molar-refractivity contribution in [1.29, 1.82) is 5.26 Å². The number of nitrogens with zero attached hydrogens (tertiary/aromatic N) is 2. The van der Waals surface area contributed by atoms with Gasteiger partial charge in [0, 0.05) is 4.88 Å². The third-order valence-corrected chi connectivity index (χ3v) is 4.68. The Bertz CT molecular complexity index is 709. The molecule has 1 N–H and O–H groups in total. The number of oxazole rings is 1. The van der Waals surface area contributed by atoms with Gasteiger partial charge in [0.2, 0.25) is 0 Å². The monoisotopic (exact) mass is 287 g/mol. The Hall–Kier alpha value is -2.13. The van der Waals surface area contributed by atoms with Crippen molar-refractivity contribution in [3.63, 3.8) is 0 Å². The minimum Gasteiger partial charge on any atom is -0.448 e. The number of fused-ring (bicyclic) bond motifs is 1. The van der Waals surface area contributed by atoms with E-state index >= 15 is 0 Å². The fourth-order valence-electron chi connectivity index (χ4n) is 2.46. The number of aryl methyl sites for hydroxylation is 2. The van der Waals surface area contributed by atoms with E-state index in [1.165, 1.54) is 22.6 Å². The van der Waals surface area contributed by atoms with Crippen LogP contribution in [-0.2, 0) is 12.8 Å². The van der Waals surface area contributed by atoms with Crippen molar-refractivity contribution < 1.29 is 9.21 Å². The van der Waals surface area contributed by atoms with E-state index in [4.69, 9.17) is 4.42 Å². The highest BCUT2D eigenvalue weighted by Gasteiger charge is 2.23. The van der Waals surface area contributed by atoms with Crippen LogP contribution in [0.1, 0.15) is 45.1 Å². The van der Waals surface area contributed by atoms with Crippen LogP contribution in [0.15, 0.2) is 10.8 Å². The summed E-state index contributed by atoms with van der Waals surface area (Å²) < 4.78 is 5.03. The van der Waals surface area contributed by atoms with E-state index in [1.54, 1.807) is 6.92 Å². The number of hydrogen-bond donors (Lipinski definition) is 1. The number of rotatable bonds is 2. The number of anilines is 1. The van der Waals surface area contributed by atoms with E-state index in [1.807, 2.05) is 0 Å². The van der Waals surface area contributed by atoms with Crippen LogP contribution in [0.2, 0.25) is 0 Å². The molecule has 2 heterocycles. The van der Waals surface area contributed by atoms with E-state index in [9.17, 15) is 10.1 Å². The molecular weight excluding hydrogens is 274 g/mol. The Morgan fingerprint density at radius 3 is 3.00 bits per heavy atom. The molecular formula is C14H13N3O2S. The molecule has 0 spiro atoms. The fraction of sp³-hybridized carbons (Fsp3) is 0.357. The Labute approximate surface area is 120 Å². The van der Waals surface area contributed by atoms with Gasteiger partial charge < -0.3 is 9.73 Å². The highest BCUT2D eigenvalue weighted by molar-refractivity contribution is 7.16. The Morgan fingerprint density at radius 1 is 1.50 bits per heavy atom. The average Bonchev–Trinajstić information content (AvgIpc) is 3.01. The molecule has 1 aliphatic carbocycles. The molecule has 2 aromatic heterocycles. The zero-order valence-electron chi connectivity index (χ0n) is 11.0. The zero-order chi connectivity index (χ0) is 14.1. The van der Waals surface area contributed by atoms with Crippen LogP contribution >= 0.6 is 11.3 Å². The first-order valence-electron chi connectivity index (χ1n) is 6.46. The number of amides is 1. The lowest BCUT2D eigenvalue weighted by molar-refractivity contribution is 0.102. The molecule has 3 rings (SSSR count). The number of hydrogen-bond acceptors (Lipinski definition) is 5. The van der Waals surface area contributed by atoms with Crippen molar-refractivity contribution in [1.82, 2.24) is 4.98 Å². The molecule has 0 saturated carbocycles. The molecule has 5 nitrogen and oxygen atoms in total. The van der Waals surface area contributed by atoms with Crippen LogP contribution in [0.5, 0.6) is 0 Å². The van der Waals surface area contributed by atoms with E-state index < -0.39 is 0 Å². The first-order chi connectivity index (χ1) is 9.70. The van der Waals surface area contributed by atoms with Gasteiger partial charge in [0.1, 0.15) is 16.8 Å². The summed E-state index contributed by atoms with van der Waals surface area (Å²) in [5, 5.41) is 12.8. The largest absolute Gasteiger partial charge is 0.448 e. The second kappa shape index (κ2) is 5.10. The smallest absolute Gasteiger partial charge is 0.278 e. The molecule has 0 unspecified atom stereocenters. The van der Waals surface area contributed by atoms with Crippen LogP contribution in [0.25, 0.3) is 0 Å². The van der Waals surface area contributed by atoms with E-state index in [0.29, 0.717) is 16.3 Å². The SMILES string of the molecule is Cc1ocnc1C(=O)Nc1sc2c(c1C#N)CCCC2. The van der Waals surface area contributed by atoms with Crippen LogP contribution in [-0.4, -0.2) is 10.9 Å². The summed E-state index contributed by atoms with van der Waals surface area (Å²) in [4.78, 5) is 17.3. The molecule has 20 heavy (non-hydrogen) atoms. The van der Waals surface area contributed by atoms with Crippen LogP contribution in [0, 0.1) is 18.3 Å². The van der Waals surface area contributed by atoms with Crippen molar-refractivity contribution >= 4 is 22.2 Å². The lowest BCUT2D eigenvalue weighted by atomic mass is 9.96. The van der Waals surface area contributed by atoms with Gasteiger partial charge in [-0.05, 0) is 38.2 Å². The van der Waals surface area contributed by atoms with Crippen molar-refractivity contribution in [2.24, 2.45) is 0 Å². The summed E-state index contributed by atoms with van der Waals surface area (Å²) in [6, 6.07) is 2.22. The number of nitriles is 1. The molecule has 1 amide bonds. The molecule has 1 aliphatic rings. The van der Waals surface area contributed by atoms with Crippen molar-refractivity contribution in [2.75, 3.05) is 5.32 Å². The predicted molar refractivity (Wildman–Crippen MR) is 74.9 cm³/mol. The minimum atomic E-state index is -0.327. The quantitative estimate of drug-likeness (QED) is 0.920. The molecule has 0 aromatic carbocycles. The number of carbonyl (C=O) groups excluding carboxylic acids is 1. The number of carbonyl (C=O) groups is 1. The molecule has 102 valence electrons. The Kier molecular flexibility index (Phi) is 3.28. The molecule has 6 heteroatoms. The van der Waals surface area contributed by atoms with Gasteiger partial charge in [0.15, 0.2) is 12.1 Å². The molecule has 0 radical (unpaired) electrons. The lowest BCUT2D eigenvalue weighted by Crippen LogP contribution is -2.13.